The molecule has 1 fully saturated rings. The summed E-state index contributed by atoms with van der Waals surface area (Å²) in [6, 6.07) is 18.7. The lowest BCUT2D eigenvalue weighted by Crippen LogP contribution is -2.37. The van der Waals surface area contributed by atoms with Gasteiger partial charge in [-0.3, -0.25) is 19.7 Å². The van der Waals surface area contributed by atoms with E-state index >= 15 is 0 Å². The third-order valence-corrected chi connectivity index (χ3v) is 5.97. The largest absolute Gasteiger partial charge is 0.341 e. The van der Waals surface area contributed by atoms with E-state index < -0.39 is 0 Å². The number of pyridine rings is 2. The zero-order chi connectivity index (χ0) is 21.6. The Labute approximate surface area is 184 Å². The molecule has 3 aromatic rings. The molecular weight excluding hydrogens is 384 g/mol. The van der Waals surface area contributed by atoms with Crippen LogP contribution in [0.1, 0.15) is 23.9 Å². The van der Waals surface area contributed by atoms with Crippen LogP contribution in [0.2, 0.25) is 0 Å². The first-order valence-electron chi connectivity index (χ1n) is 11.1. The van der Waals surface area contributed by atoms with Crippen molar-refractivity contribution in [3.05, 3.63) is 83.9 Å². The standard InChI is InChI=1S/C26H30N4O/c1-3-30-15-14-29(19-25-8-4-6-20(2)28-25)18-24(26(30)31)16-21-9-11-22(12-10-21)23-7-5-13-27-17-23/h4-13,17,24H,3,14-16,18-19H2,1-2H3/t24-/m1/s1. The monoisotopic (exact) mass is 414 g/mol. The molecule has 0 aliphatic carbocycles. The molecule has 1 atom stereocenters. The summed E-state index contributed by atoms with van der Waals surface area (Å²) in [5, 5.41) is 0. The van der Waals surface area contributed by atoms with Gasteiger partial charge in [0, 0.05) is 50.8 Å². The van der Waals surface area contributed by atoms with Gasteiger partial charge >= 0.3 is 0 Å². The molecule has 1 aliphatic rings. The minimum atomic E-state index is -0.0449. The van der Waals surface area contributed by atoms with Gasteiger partial charge < -0.3 is 4.90 Å². The molecule has 0 N–H and O–H groups in total. The maximum Gasteiger partial charge on any atom is 0.227 e. The second-order valence-electron chi connectivity index (χ2n) is 8.26. The van der Waals surface area contributed by atoms with Gasteiger partial charge in [-0.15, -0.1) is 0 Å². The van der Waals surface area contributed by atoms with Crippen molar-refractivity contribution in [3.63, 3.8) is 0 Å². The number of nitrogens with zero attached hydrogens (tertiary/aromatic N) is 4. The Kier molecular flexibility index (Phi) is 6.73. The van der Waals surface area contributed by atoms with Gasteiger partial charge in [0.15, 0.2) is 0 Å². The molecule has 5 heteroatoms. The van der Waals surface area contributed by atoms with E-state index in [-0.39, 0.29) is 11.8 Å². The molecule has 31 heavy (non-hydrogen) atoms. The number of hydrogen-bond acceptors (Lipinski definition) is 4. The maximum absolute atomic E-state index is 13.2. The predicted octanol–water partition coefficient (Wildman–Crippen LogP) is 3.98. The number of amides is 1. The Balaban J connectivity index is 1.49. The normalized spacial score (nSPS) is 17.5. The van der Waals surface area contributed by atoms with Crippen LogP contribution < -0.4 is 0 Å². The first kappa shape index (κ1) is 21.2. The molecule has 160 valence electrons. The van der Waals surface area contributed by atoms with E-state index in [4.69, 9.17) is 0 Å². The van der Waals surface area contributed by atoms with Crippen LogP contribution in [0.3, 0.4) is 0 Å². The molecule has 0 radical (unpaired) electrons. The molecule has 0 saturated carbocycles. The summed E-state index contributed by atoms with van der Waals surface area (Å²) in [5.74, 6) is 0.218. The van der Waals surface area contributed by atoms with E-state index in [1.54, 1.807) is 6.20 Å². The van der Waals surface area contributed by atoms with Crippen molar-refractivity contribution in [1.29, 1.82) is 0 Å². The fraction of sp³-hybridized carbons (Fsp3) is 0.346. The zero-order valence-electron chi connectivity index (χ0n) is 18.4. The van der Waals surface area contributed by atoms with Crippen molar-refractivity contribution in [1.82, 2.24) is 19.8 Å². The number of rotatable bonds is 6. The van der Waals surface area contributed by atoms with Crippen molar-refractivity contribution >= 4 is 5.91 Å². The highest BCUT2D eigenvalue weighted by Crippen LogP contribution is 2.22. The number of carbonyl (C=O) groups excluding carboxylic acids is 1. The third kappa shape index (κ3) is 5.36. The Morgan fingerprint density at radius 3 is 2.55 bits per heavy atom. The number of benzene rings is 1. The minimum absolute atomic E-state index is 0.0449. The number of aryl methyl sites for hydroxylation is 1. The Morgan fingerprint density at radius 1 is 1.00 bits per heavy atom. The quantitative estimate of drug-likeness (QED) is 0.612. The highest BCUT2D eigenvalue weighted by molar-refractivity contribution is 5.79. The lowest BCUT2D eigenvalue weighted by atomic mass is 9.96. The van der Waals surface area contributed by atoms with Crippen molar-refractivity contribution < 1.29 is 4.79 Å². The highest BCUT2D eigenvalue weighted by atomic mass is 16.2. The molecule has 0 unspecified atom stereocenters. The van der Waals surface area contributed by atoms with E-state index in [2.05, 4.69) is 64.3 Å². The summed E-state index contributed by atoms with van der Waals surface area (Å²) in [6.45, 7) is 8.04. The zero-order valence-corrected chi connectivity index (χ0v) is 18.4. The van der Waals surface area contributed by atoms with Crippen LogP contribution in [0.4, 0.5) is 0 Å². The topological polar surface area (TPSA) is 49.3 Å². The number of hydrogen-bond donors (Lipinski definition) is 0. The minimum Gasteiger partial charge on any atom is -0.341 e. The van der Waals surface area contributed by atoms with Gasteiger partial charge in [0.1, 0.15) is 0 Å². The Hall–Kier alpha value is -3.05. The molecular formula is C26H30N4O. The van der Waals surface area contributed by atoms with Gasteiger partial charge in [-0.05, 0) is 55.2 Å². The average Bonchev–Trinajstić information content (AvgIpc) is 2.93. The van der Waals surface area contributed by atoms with Gasteiger partial charge in [0.05, 0.1) is 11.6 Å². The third-order valence-electron chi connectivity index (χ3n) is 5.97. The van der Waals surface area contributed by atoms with E-state index in [1.165, 1.54) is 5.56 Å². The van der Waals surface area contributed by atoms with Crippen molar-refractivity contribution in [3.8, 4) is 11.1 Å². The van der Waals surface area contributed by atoms with Gasteiger partial charge in [-0.1, -0.05) is 36.4 Å². The second-order valence-corrected chi connectivity index (χ2v) is 8.26. The SMILES string of the molecule is CCN1CCN(Cc2cccc(C)n2)C[C@@H](Cc2ccc(-c3cccnc3)cc2)C1=O. The molecule has 4 rings (SSSR count). The van der Waals surface area contributed by atoms with Crippen LogP contribution in [0, 0.1) is 12.8 Å². The number of aromatic nitrogens is 2. The van der Waals surface area contributed by atoms with Crippen LogP contribution in [0.5, 0.6) is 0 Å². The highest BCUT2D eigenvalue weighted by Gasteiger charge is 2.29. The van der Waals surface area contributed by atoms with Gasteiger partial charge in [-0.2, -0.15) is 0 Å². The summed E-state index contributed by atoms with van der Waals surface area (Å²) in [5.41, 5.74) is 5.54. The van der Waals surface area contributed by atoms with Crippen LogP contribution in [-0.4, -0.2) is 51.9 Å². The van der Waals surface area contributed by atoms with E-state index in [1.807, 2.05) is 30.2 Å². The first-order valence-corrected chi connectivity index (χ1v) is 11.1. The van der Waals surface area contributed by atoms with E-state index in [0.717, 1.165) is 61.7 Å². The van der Waals surface area contributed by atoms with Crippen LogP contribution >= 0.6 is 0 Å². The first-order chi connectivity index (χ1) is 15.1. The van der Waals surface area contributed by atoms with Crippen LogP contribution in [0.25, 0.3) is 11.1 Å². The van der Waals surface area contributed by atoms with Crippen molar-refractivity contribution in [2.75, 3.05) is 26.2 Å². The summed E-state index contributed by atoms with van der Waals surface area (Å²) >= 11 is 0. The number of likely N-dealkylation sites (N-methyl/N-ethyl adjacent to an activating group) is 1. The van der Waals surface area contributed by atoms with Gasteiger partial charge in [0.2, 0.25) is 5.91 Å². The molecule has 2 aromatic heterocycles. The Morgan fingerprint density at radius 2 is 1.84 bits per heavy atom. The molecule has 1 aliphatic heterocycles. The lowest BCUT2D eigenvalue weighted by molar-refractivity contribution is -0.134. The summed E-state index contributed by atoms with van der Waals surface area (Å²) < 4.78 is 0. The average molecular weight is 415 g/mol. The molecule has 5 nitrogen and oxygen atoms in total. The fourth-order valence-corrected chi connectivity index (χ4v) is 4.29. The summed E-state index contributed by atoms with van der Waals surface area (Å²) in [4.78, 5) is 26.4. The van der Waals surface area contributed by atoms with Crippen LogP contribution in [-0.2, 0) is 17.8 Å². The molecule has 0 spiro atoms. The number of carbonyl (C=O) groups is 1. The molecule has 1 saturated heterocycles. The fourth-order valence-electron chi connectivity index (χ4n) is 4.29. The van der Waals surface area contributed by atoms with Gasteiger partial charge in [-0.25, -0.2) is 0 Å². The molecule has 3 heterocycles. The van der Waals surface area contributed by atoms with Crippen molar-refractivity contribution in [2.24, 2.45) is 5.92 Å². The van der Waals surface area contributed by atoms with Crippen LogP contribution in [0.15, 0.2) is 67.0 Å². The molecule has 1 aromatic carbocycles. The lowest BCUT2D eigenvalue weighted by Gasteiger charge is -2.23. The summed E-state index contributed by atoms with van der Waals surface area (Å²) in [7, 11) is 0. The second kappa shape index (κ2) is 9.84. The van der Waals surface area contributed by atoms with Crippen molar-refractivity contribution in [2.45, 2.75) is 26.8 Å². The van der Waals surface area contributed by atoms with Gasteiger partial charge in [0.25, 0.3) is 0 Å². The maximum atomic E-state index is 13.2. The molecule has 0 bridgehead atoms. The summed E-state index contributed by atoms with van der Waals surface area (Å²) in [6.07, 6.45) is 4.41. The van der Waals surface area contributed by atoms with E-state index in [9.17, 15) is 4.79 Å². The van der Waals surface area contributed by atoms with E-state index in [0.29, 0.717) is 0 Å². The Bertz CT molecular complexity index is 1000. The predicted molar refractivity (Wildman–Crippen MR) is 123 cm³/mol. The smallest absolute Gasteiger partial charge is 0.227 e. The molecule has 1 amide bonds.